The first-order valence-electron chi connectivity index (χ1n) is 9.53. The Morgan fingerprint density at radius 1 is 1.09 bits per heavy atom. The first-order valence-corrected chi connectivity index (χ1v) is 11.3. The second-order valence-corrected chi connectivity index (χ2v) is 9.56. The maximum atomic E-state index is 12.8. The molecule has 1 heterocycles. The van der Waals surface area contributed by atoms with E-state index in [-0.39, 0.29) is 10.8 Å². The molecule has 0 bridgehead atoms. The van der Waals surface area contributed by atoms with Gasteiger partial charge in [0.15, 0.2) is 0 Å². The molecule has 1 aromatic heterocycles. The number of sulfonamides is 1. The van der Waals surface area contributed by atoms with E-state index in [4.69, 9.17) is 11.6 Å². The Morgan fingerprint density at radius 3 is 2.41 bits per heavy atom. The number of anilines is 2. The molecular formula is C21H22ClN5O4S. The van der Waals surface area contributed by atoms with E-state index in [2.05, 4.69) is 15.7 Å². The number of amides is 2. The van der Waals surface area contributed by atoms with Crippen molar-refractivity contribution < 1.29 is 18.0 Å². The van der Waals surface area contributed by atoms with Crippen molar-refractivity contribution in [2.75, 3.05) is 24.2 Å². The van der Waals surface area contributed by atoms with Crippen LogP contribution in [0.5, 0.6) is 0 Å². The molecule has 2 amide bonds. The third-order valence-corrected chi connectivity index (χ3v) is 6.45. The summed E-state index contributed by atoms with van der Waals surface area (Å²) in [6.07, 6.45) is 0. The zero-order chi connectivity index (χ0) is 23.5. The lowest BCUT2D eigenvalue weighted by Crippen LogP contribution is -2.35. The molecule has 0 saturated heterocycles. The van der Waals surface area contributed by atoms with Crippen molar-refractivity contribution >= 4 is 44.9 Å². The van der Waals surface area contributed by atoms with Crippen molar-refractivity contribution in [3.63, 3.8) is 0 Å². The van der Waals surface area contributed by atoms with Gasteiger partial charge in [0, 0.05) is 30.7 Å². The molecule has 168 valence electrons. The van der Waals surface area contributed by atoms with Crippen molar-refractivity contribution in [3.05, 3.63) is 65.3 Å². The Bertz CT molecular complexity index is 1260. The maximum absolute atomic E-state index is 12.8. The van der Waals surface area contributed by atoms with E-state index in [1.165, 1.54) is 42.9 Å². The minimum Gasteiger partial charge on any atom is -0.326 e. The third-order valence-electron chi connectivity index (χ3n) is 4.40. The van der Waals surface area contributed by atoms with Gasteiger partial charge in [0.25, 0.3) is 0 Å². The van der Waals surface area contributed by atoms with Gasteiger partial charge < -0.3 is 10.6 Å². The summed E-state index contributed by atoms with van der Waals surface area (Å²) in [5.74, 6) is -0.406. The molecule has 0 atom stereocenters. The van der Waals surface area contributed by atoms with Crippen molar-refractivity contribution in [3.8, 4) is 5.69 Å². The van der Waals surface area contributed by atoms with E-state index in [0.717, 1.165) is 4.31 Å². The van der Waals surface area contributed by atoms with Crippen LogP contribution in [-0.2, 0) is 19.6 Å². The van der Waals surface area contributed by atoms with E-state index >= 15 is 0 Å². The Balaban J connectivity index is 1.73. The number of hydrogen-bond donors (Lipinski definition) is 2. The molecule has 0 aliphatic carbocycles. The molecule has 0 aliphatic heterocycles. The largest absolute Gasteiger partial charge is 0.326 e. The highest BCUT2D eigenvalue weighted by atomic mass is 35.5. The van der Waals surface area contributed by atoms with Gasteiger partial charge in [-0.3, -0.25) is 9.59 Å². The standard InChI is InChI=1S/C21H22ClN5O4S/c1-14-11-20(27(25-14)18-6-4-5-16(22)12-18)24-21(29)13-26(3)32(30,31)19-9-7-17(8-10-19)23-15(2)28/h4-12H,13H2,1-3H3,(H,23,28)(H,24,29). The average molecular weight is 476 g/mol. The normalized spacial score (nSPS) is 11.4. The number of nitrogens with zero attached hydrogens (tertiary/aromatic N) is 3. The van der Waals surface area contributed by atoms with Gasteiger partial charge in [-0.25, -0.2) is 13.1 Å². The molecule has 0 unspecified atom stereocenters. The molecule has 0 radical (unpaired) electrons. The summed E-state index contributed by atoms with van der Waals surface area (Å²) in [7, 11) is -2.60. The van der Waals surface area contributed by atoms with Gasteiger partial charge in [0.2, 0.25) is 21.8 Å². The molecule has 0 saturated carbocycles. The van der Waals surface area contributed by atoms with Crippen molar-refractivity contribution in [2.24, 2.45) is 0 Å². The highest BCUT2D eigenvalue weighted by Gasteiger charge is 2.23. The van der Waals surface area contributed by atoms with Crippen molar-refractivity contribution in [1.82, 2.24) is 14.1 Å². The Morgan fingerprint density at radius 2 is 1.78 bits per heavy atom. The van der Waals surface area contributed by atoms with Gasteiger partial charge in [0.05, 0.1) is 22.8 Å². The summed E-state index contributed by atoms with van der Waals surface area (Å²) in [5, 5.41) is 10.1. The minimum atomic E-state index is -3.91. The van der Waals surface area contributed by atoms with E-state index in [9.17, 15) is 18.0 Å². The van der Waals surface area contributed by atoms with Crippen LogP contribution in [0.2, 0.25) is 5.02 Å². The quantitative estimate of drug-likeness (QED) is 0.545. The smallest absolute Gasteiger partial charge is 0.243 e. The van der Waals surface area contributed by atoms with Crippen LogP contribution in [0.25, 0.3) is 5.69 Å². The topological polar surface area (TPSA) is 113 Å². The molecule has 0 spiro atoms. The number of benzene rings is 2. The van der Waals surface area contributed by atoms with Crippen LogP contribution in [0.3, 0.4) is 0 Å². The monoisotopic (exact) mass is 475 g/mol. The van der Waals surface area contributed by atoms with Gasteiger partial charge in [-0.2, -0.15) is 9.40 Å². The molecule has 11 heteroatoms. The van der Waals surface area contributed by atoms with Gasteiger partial charge in [-0.1, -0.05) is 17.7 Å². The molecule has 2 N–H and O–H groups in total. The van der Waals surface area contributed by atoms with Crippen molar-refractivity contribution in [2.45, 2.75) is 18.7 Å². The molecule has 0 aliphatic rings. The van der Waals surface area contributed by atoms with E-state index in [1.807, 2.05) is 0 Å². The van der Waals surface area contributed by atoms with Crippen LogP contribution in [0.1, 0.15) is 12.6 Å². The SMILES string of the molecule is CC(=O)Nc1ccc(S(=O)(=O)N(C)CC(=O)Nc2cc(C)nn2-c2cccc(Cl)c2)cc1. The number of rotatable bonds is 7. The van der Waals surface area contributed by atoms with Gasteiger partial charge in [0.1, 0.15) is 5.82 Å². The first kappa shape index (κ1) is 23.5. The number of carbonyl (C=O) groups is 2. The molecule has 2 aromatic carbocycles. The van der Waals surface area contributed by atoms with Crippen LogP contribution in [-0.4, -0.2) is 47.9 Å². The molecular weight excluding hydrogens is 454 g/mol. The van der Waals surface area contributed by atoms with Gasteiger partial charge >= 0.3 is 0 Å². The average Bonchev–Trinajstić information content (AvgIpc) is 3.07. The summed E-state index contributed by atoms with van der Waals surface area (Å²) >= 11 is 6.05. The fourth-order valence-corrected chi connectivity index (χ4v) is 4.27. The van der Waals surface area contributed by atoms with Crippen molar-refractivity contribution in [1.29, 1.82) is 0 Å². The second-order valence-electron chi connectivity index (χ2n) is 7.08. The molecule has 3 aromatic rings. The minimum absolute atomic E-state index is 0.00159. The van der Waals surface area contributed by atoms with Crippen LogP contribution < -0.4 is 10.6 Å². The number of likely N-dealkylation sites (N-methyl/N-ethyl adjacent to an activating group) is 1. The number of aryl methyl sites for hydroxylation is 1. The number of halogens is 1. The molecule has 9 nitrogen and oxygen atoms in total. The van der Waals surface area contributed by atoms with Gasteiger partial charge in [-0.15, -0.1) is 0 Å². The van der Waals surface area contributed by atoms with E-state index in [0.29, 0.717) is 27.9 Å². The zero-order valence-corrected chi connectivity index (χ0v) is 19.2. The predicted molar refractivity (Wildman–Crippen MR) is 123 cm³/mol. The Kier molecular flexibility index (Phi) is 6.97. The third kappa shape index (κ3) is 5.52. The molecule has 3 rings (SSSR count). The lowest BCUT2D eigenvalue weighted by Gasteiger charge is -2.17. The van der Waals surface area contributed by atoms with E-state index < -0.39 is 22.5 Å². The van der Waals surface area contributed by atoms with Crippen LogP contribution in [0.15, 0.2) is 59.5 Å². The summed E-state index contributed by atoms with van der Waals surface area (Å²) in [6, 6.07) is 14.3. The lowest BCUT2D eigenvalue weighted by molar-refractivity contribution is -0.116. The maximum Gasteiger partial charge on any atom is 0.243 e. The number of carbonyl (C=O) groups excluding carboxylic acids is 2. The summed E-state index contributed by atoms with van der Waals surface area (Å²) in [5.41, 5.74) is 1.79. The fourth-order valence-electron chi connectivity index (χ4n) is 2.96. The summed E-state index contributed by atoms with van der Waals surface area (Å²) in [4.78, 5) is 23.7. The lowest BCUT2D eigenvalue weighted by atomic mass is 10.3. The van der Waals surface area contributed by atoms with Crippen LogP contribution >= 0.6 is 11.6 Å². The zero-order valence-electron chi connectivity index (χ0n) is 17.7. The molecule has 0 fully saturated rings. The highest BCUT2D eigenvalue weighted by Crippen LogP contribution is 2.21. The Hall–Kier alpha value is -3.21. The summed E-state index contributed by atoms with van der Waals surface area (Å²) in [6.45, 7) is 2.73. The number of aromatic nitrogens is 2. The summed E-state index contributed by atoms with van der Waals surface area (Å²) < 4.78 is 28.1. The molecule has 32 heavy (non-hydrogen) atoms. The highest BCUT2D eigenvalue weighted by molar-refractivity contribution is 7.89. The number of hydrogen-bond acceptors (Lipinski definition) is 5. The van der Waals surface area contributed by atoms with E-state index in [1.54, 1.807) is 37.3 Å². The Labute approximate surface area is 191 Å². The van der Waals surface area contributed by atoms with Gasteiger partial charge in [-0.05, 0) is 49.4 Å². The van der Waals surface area contributed by atoms with Crippen LogP contribution in [0, 0.1) is 6.92 Å². The fraction of sp³-hybridized carbons (Fsp3) is 0.190. The first-order chi connectivity index (χ1) is 15.1. The van der Waals surface area contributed by atoms with Crippen LogP contribution in [0.4, 0.5) is 11.5 Å². The second kappa shape index (κ2) is 9.51. The number of nitrogens with one attached hydrogen (secondary N) is 2. The predicted octanol–water partition coefficient (Wildman–Crippen LogP) is 3.05.